The second-order valence-corrected chi connectivity index (χ2v) is 9.82. The fourth-order valence-corrected chi connectivity index (χ4v) is 4.23. The summed E-state index contributed by atoms with van der Waals surface area (Å²) in [5.41, 5.74) is 1.39. The van der Waals surface area contributed by atoms with Crippen LogP contribution in [0.4, 0.5) is 4.79 Å². The van der Waals surface area contributed by atoms with Crippen molar-refractivity contribution in [3.8, 4) is 5.75 Å². The summed E-state index contributed by atoms with van der Waals surface area (Å²) in [5.74, 6) is -1.84. The fraction of sp³-hybridized carbons (Fsp3) is 0.300. The number of carboxylic acids is 1. The summed E-state index contributed by atoms with van der Waals surface area (Å²) in [5, 5.41) is 12.5. The van der Waals surface area contributed by atoms with Crippen LogP contribution in [0, 0.1) is 0 Å². The second-order valence-electron chi connectivity index (χ2n) is 9.82. The van der Waals surface area contributed by atoms with Gasteiger partial charge in [0.1, 0.15) is 23.9 Å². The Morgan fingerprint density at radius 2 is 1.39 bits per heavy atom. The molecule has 8 heteroatoms. The van der Waals surface area contributed by atoms with E-state index < -0.39 is 42.1 Å². The smallest absolute Gasteiger partial charge is 0.408 e. The van der Waals surface area contributed by atoms with Crippen LogP contribution < -0.4 is 10.1 Å². The molecule has 0 aliphatic carbocycles. The minimum absolute atomic E-state index is 0.0298. The molecule has 3 rings (SSSR count). The van der Waals surface area contributed by atoms with Crippen LogP contribution in [0.1, 0.15) is 43.4 Å². The SMILES string of the molecule is COc1ccccc1CN(CC(=O)O)C(=O)[C@@H](NC(=O)OC(C)(C)C)C(c1ccccc1)c1ccccc1. The highest BCUT2D eigenvalue weighted by molar-refractivity contribution is 5.89. The first-order chi connectivity index (χ1) is 18.1. The van der Waals surface area contributed by atoms with E-state index in [0.29, 0.717) is 11.3 Å². The number of alkyl carbamates (subject to hydrolysis) is 1. The van der Waals surface area contributed by atoms with Crippen LogP contribution in [0.25, 0.3) is 0 Å². The molecule has 3 aromatic carbocycles. The van der Waals surface area contributed by atoms with E-state index in [9.17, 15) is 19.5 Å². The first-order valence-electron chi connectivity index (χ1n) is 12.3. The van der Waals surface area contributed by atoms with E-state index in [1.807, 2.05) is 60.7 Å². The van der Waals surface area contributed by atoms with Gasteiger partial charge in [-0.25, -0.2) is 4.79 Å². The number of aliphatic carboxylic acids is 1. The van der Waals surface area contributed by atoms with E-state index >= 15 is 0 Å². The Morgan fingerprint density at radius 1 is 0.868 bits per heavy atom. The van der Waals surface area contributed by atoms with E-state index in [1.54, 1.807) is 45.0 Å². The normalized spacial score (nSPS) is 11.9. The third-order valence-electron chi connectivity index (χ3n) is 5.78. The van der Waals surface area contributed by atoms with Crippen LogP contribution in [0.2, 0.25) is 0 Å². The number of carboxylic acid groups (broad SMARTS) is 1. The summed E-state index contributed by atoms with van der Waals surface area (Å²) in [4.78, 5) is 40.3. The highest BCUT2D eigenvalue weighted by Crippen LogP contribution is 2.30. The topological polar surface area (TPSA) is 105 Å². The molecule has 0 saturated heterocycles. The summed E-state index contributed by atoms with van der Waals surface area (Å²) in [7, 11) is 1.51. The number of nitrogens with zero attached hydrogens (tertiary/aromatic N) is 1. The van der Waals surface area contributed by atoms with Crippen LogP contribution >= 0.6 is 0 Å². The Hall–Kier alpha value is -4.33. The van der Waals surface area contributed by atoms with Crippen LogP contribution in [0.5, 0.6) is 5.75 Å². The zero-order valence-corrected chi connectivity index (χ0v) is 22.1. The molecule has 2 amide bonds. The molecule has 0 spiro atoms. The summed E-state index contributed by atoms with van der Waals surface area (Å²) < 4.78 is 10.9. The molecule has 200 valence electrons. The van der Waals surface area contributed by atoms with Crippen LogP contribution in [0.3, 0.4) is 0 Å². The number of methoxy groups -OCH3 is 1. The van der Waals surface area contributed by atoms with E-state index in [0.717, 1.165) is 11.1 Å². The maximum atomic E-state index is 14.2. The standard InChI is InChI=1S/C30H34N2O6/c1-30(2,3)38-29(36)31-27(26(21-13-7-5-8-14-21)22-15-9-6-10-16-22)28(35)32(20-25(33)34)19-23-17-11-12-18-24(23)37-4/h5-18,26-27H,19-20H2,1-4H3,(H,31,36)(H,33,34)/t27-/m0/s1. The molecule has 0 aromatic heterocycles. The Morgan fingerprint density at radius 3 is 1.89 bits per heavy atom. The first kappa shape index (κ1) is 28.2. The van der Waals surface area contributed by atoms with Gasteiger partial charge in [-0.1, -0.05) is 78.9 Å². The van der Waals surface area contributed by atoms with Crippen molar-refractivity contribution in [3.05, 3.63) is 102 Å². The molecule has 0 unspecified atom stereocenters. The summed E-state index contributed by atoms with van der Waals surface area (Å²) >= 11 is 0. The number of para-hydroxylation sites is 1. The van der Waals surface area contributed by atoms with Gasteiger partial charge in [0.15, 0.2) is 0 Å². The lowest BCUT2D eigenvalue weighted by molar-refractivity contribution is -0.146. The molecule has 38 heavy (non-hydrogen) atoms. The number of benzene rings is 3. The summed E-state index contributed by atoms with van der Waals surface area (Å²) in [6.45, 7) is 4.59. The molecule has 8 nitrogen and oxygen atoms in total. The van der Waals surface area contributed by atoms with E-state index in [2.05, 4.69) is 5.32 Å². The largest absolute Gasteiger partial charge is 0.496 e. The third kappa shape index (κ3) is 7.83. The van der Waals surface area contributed by atoms with Gasteiger partial charge in [-0.3, -0.25) is 9.59 Å². The van der Waals surface area contributed by atoms with Gasteiger partial charge in [-0.2, -0.15) is 0 Å². The van der Waals surface area contributed by atoms with Crippen molar-refractivity contribution in [2.24, 2.45) is 0 Å². The van der Waals surface area contributed by atoms with Crippen LogP contribution in [-0.4, -0.2) is 53.3 Å². The van der Waals surface area contributed by atoms with E-state index in [1.165, 1.54) is 12.0 Å². The molecule has 0 fully saturated rings. The molecule has 1 atom stereocenters. The lowest BCUT2D eigenvalue weighted by atomic mass is 9.84. The lowest BCUT2D eigenvalue weighted by Crippen LogP contribution is -2.53. The van der Waals surface area contributed by atoms with Gasteiger partial charge in [0, 0.05) is 11.5 Å². The van der Waals surface area contributed by atoms with Crippen molar-refractivity contribution in [1.29, 1.82) is 0 Å². The Labute approximate surface area is 223 Å². The summed E-state index contributed by atoms with van der Waals surface area (Å²) in [6.07, 6.45) is -0.778. The minimum atomic E-state index is -1.18. The number of rotatable bonds is 10. The molecule has 0 bridgehead atoms. The third-order valence-corrected chi connectivity index (χ3v) is 5.78. The molecular weight excluding hydrogens is 484 g/mol. The maximum Gasteiger partial charge on any atom is 0.408 e. The van der Waals surface area contributed by atoms with Crippen molar-refractivity contribution in [2.45, 2.75) is 44.9 Å². The number of ether oxygens (including phenoxy) is 2. The summed E-state index contributed by atoms with van der Waals surface area (Å²) in [6, 6.07) is 24.5. The molecule has 0 aliphatic heterocycles. The molecule has 0 aliphatic rings. The quantitative estimate of drug-likeness (QED) is 0.398. The molecule has 0 heterocycles. The molecule has 2 N–H and O–H groups in total. The van der Waals surface area contributed by atoms with Crippen LogP contribution in [0.15, 0.2) is 84.9 Å². The van der Waals surface area contributed by atoms with Crippen molar-refractivity contribution in [3.63, 3.8) is 0 Å². The number of amides is 2. The van der Waals surface area contributed by atoms with Crippen molar-refractivity contribution >= 4 is 18.0 Å². The van der Waals surface area contributed by atoms with Gasteiger partial charge < -0.3 is 24.8 Å². The second kappa shape index (κ2) is 12.8. The molecule has 3 aromatic rings. The number of nitrogens with one attached hydrogen (secondary N) is 1. The van der Waals surface area contributed by atoms with Gasteiger partial charge in [0.25, 0.3) is 0 Å². The number of carbonyl (C=O) groups excluding carboxylic acids is 2. The molecule has 0 radical (unpaired) electrons. The van der Waals surface area contributed by atoms with Gasteiger partial charge in [0.2, 0.25) is 5.91 Å². The first-order valence-corrected chi connectivity index (χ1v) is 12.3. The van der Waals surface area contributed by atoms with Gasteiger partial charge >= 0.3 is 12.1 Å². The van der Waals surface area contributed by atoms with Gasteiger partial charge in [0.05, 0.1) is 13.7 Å². The maximum absolute atomic E-state index is 14.2. The Bertz CT molecular complexity index is 1180. The zero-order valence-electron chi connectivity index (χ0n) is 22.1. The van der Waals surface area contributed by atoms with E-state index in [4.69, 9.17) is 9.47 Å². The van der Waals surface area contributed by atoms with Gasteiger partial charge in [-0.05, 0) is 38.0 Å². The predicted octanol–water partition coefficient (Wildman–Crippen LogP) is 4.83. The average molecular weight is 519 g/mol. The number of hydrogen-bond acceptors (Lipinski definition) is 5. The number of hydrogen-bond donors (Lipinski definition) is 2. The fourth-order valence-electron chi connectivity index (χ4n) is 4.23. The predicted molar refractivity (Wildman–Crippen MR) is 144 cm³/mol. The lowest BCUT2D eigenvalue weighted by Gasteiger charge is -2.33. The zero-order chi connectivity index (χ0) is 27.7. The molecular formula is C30H34N2O6. The molecule has 0 saturated carbocycles. The highest BCUT2D eigenvalue weighted by Gasteiger charge is 2.37. The Kier molecular flexibility index (Phi) is 9.49. The van der Waals surface area contributed by atoms with Crippen LogP contribution in [-0.2, 0) is 20.9 Å². The van der Waals surface area contributed by atoms with Crippen molar-refractivity contribution < 1.29 is 29.0 Å². The number of carbonyl (C=O) groups is 3. The van der Waals surface area contributed by atoms with E-state index in [-0.39, 0.29) is 6.54 Å². The average Bonchev–Trinajstić information content (AvgIpc) is 2.88. The minimum Gasteiger partial charge on any atom is -0.496 e. The monoisotopic (exact) mass is 518 g/mol. The highest BCUT2D eigenvalue weighted by atomic mass is 16.6. The van der Waals surface area contributed by atoms with Crippen molar-refractivity contribution in [2.75, 3.05) is 13.7 Å². The Balaban J connectivity index is 2.10. The van der Waals surface area contributed by atoms with Gasteiger partial charge in [-0.15, -0.1) is 0 Å². The van der Waals surface area contributed by atoms with Crippen molar-refractivity contribution in [1.82, 2.24) is 10.2 Å².